The molecule has 0 bridgehead atoms. The first-order valence-electron chi connectivity index (χ1n) is 9.56. The molecule has 1 aliphatic rings. The highest BCUT2D eigenvalue weighted by Gasteiger charge is 2.39. The second-order valence-electron chi connectivity index (χ2n) is 6.96. The summed E-state index contributed by atoms with van der Waals surface area (Å²) < 4.78 is 0. The van der Waals surface area contributed by atoms with Crippen molar-refractivity contribution < 1.29 is 25.2 Å². The average molecular weight is 354 g/mol. The molecule has 144 valence electrons. The molecule has 5 nitrogen and oxygen atoms in total. The predicted molar refractivity (Wildman–Crippen MR) is 98.2 cm³/mol. The first-order valence-corrected chi connectivity index (χ1v) is 9.56. The Morgan fingerprint density at radius 1 is 0.920 bits per heavy atom. The molecule has 0 heterocycles. The Morgan fingerprint density at radius 3 is 2.36 bits per heavy atom. The van der Waals surface area contributed by atoms with E-state index in [9.17, 15) is 15.0 Å². The van der Waals surface area contributed by atoms with Gasteiger partial charge in [0.1, 0.15) is 0 Å². The maximum Gasteiger partial charge on any atom is 0.303 e. The van der Waals surface area contributed by atoms with Gasteiger partial charge in [-0.25, -0.2) is 0 Å². The number of hydrogen-bond acceptors (Lipinski definition) is 4. The van der Waals surface area contributed by atoms with Gasteiger partial charge in [-0.3, -0.25) is 4.79 Å². The van der Waals surface area contributed by atoms with E-state index in [0.29, 0.717) is 19.3 Å². The van der Waals surface area contributed by atoms with Crippen LogP contribution in [0.3, 0.4) is 0 Å². The van der Waals surface area contributed by atoms with Crippen LogP contribution in [0, 0.1) is 11.8 Å². The van der Waals surface area contributed by atoms with Gasteiger partial charge in [-0.2, -0.15) is 0 Å². The normalized spacial score (nSPS) is 26.8. The van der Waals surface area contributed by atoms with E-state index in [4.69, 9.17) is 10.2 Å². The van der Waals surface area contributed by atoms with E-state index in [0.717, 1.165) is 38.5 Å². The monoisotopic (exact) mass is 354 g/mol. The van der Waals surface area contributed by atoms with Gasteiger partial charge in [0.15, 0.2) is 0 Å². The minimum absolute atomic E-state index is 0.0175. The molecule has 0 saturated heterocycles. The van der Waals surface area contributed by atoms with Gasteiger partial charge in [0.05, 0.1) is 12.2 Å². The van der Waals surface area contributed by atoms with Gasteiger partial charge in [-0.05, 0) is 44.4 Å². The average Bonchev–Trinajstić information content (AvgIpc) is 2.83. The summed E-state index contributed by atoms with van der Waals surface area (Å²) in [7, 11) is 0. The van der Waals surface area contributed by atoms with E-state index in [1.165, 1.54) is 0 Å². The Bertz CT molecular complexity index is 418. The fraction of sp³-hybridized carbons (Fsp3) is 0.750. The number of unbranched alkanes of at least 4 members (excludes halogenated alkanes) is 5. The van der Waals surface area contributed by atoms with Crippen molar-refractivity contribution in [2.45, 2.75) is 76.4 Å². The van der Waals surface area contributed by atoms with Crippen molar-refractivity contribution in [1.82, 2.24) is 0 Å². The Hall–Kier alpha value is -1.17. The molecule has 1 rings (SSSR count). The van der Waals surface area contributed by atoms with Crippen LogP contribution in [0.15, 0.2) is 24.3 Å². The zero-order chi connectivity index (χ0) is 18.5. The largest absolute Gasteiger partial charge is 0.481 e. The van der Waals surface area contributed by atoms with E-state index in [-0.39, 0.29) is 24.9 Å². The third-order valence-electron chi connectivity index (χ3n) is 4.89. The van der Waals surface area contributed by atoms with Crippen molar-refractivity contribution in [1.29, 1.82) is 0 Å². The Balaban J connectivity index is 2.34. The molecule has 0 spiro atoms. The number of carboxylic acid groups (broad SMARTS) is 1. The summed E-state index contributed by atoms with van der Waals surface area (Å²) in [6, 6.07) is 0. The molecular weight excluding hydrogens is 320 g/mol. The molecule has 0 amide bonds. The number of aliphatic hydroxyl groups is 3. The van der Waals surface area contributed by atoms with Crippen molar-refractivity contribution in [3.05, 3.63) is 24.3 Å². The van der Waals surface area contributed by atoms with Crippen LogP contribution in [0.25, 0.3) is 0 Å². The lowest BCUT2D eigenvalue weighted by atomic mass is 9.89. The molecule has 0 unspecified atom stereocenters. The Kier molecular flexibility index (Phi) is 11.5. The van der Waals surface area contributed by atoms with Crippen LogP contribution in [0.5, 0.6) is 0 Å². The summed E-state index contributed by atoms with van der Waals surface area (Å²) in [5.74, 6) is -0.767. The molecule has 4 atom stereocenters. The smallest absolute Gasteiger partial charge is 0.303 e. The van der Waals surface area contributed by atoms with E-state index in [1.807, 2.05) is 12.2 Å². The van der Waals surface area contributed by atoms with Crippen LogP contribution < -0.4 is 0 Å². The molecule has 25 heavy (non-hydrogen) atoms. The molecule has 0 aromatic rings. The minimum Gasteiger partial charge on any atom is -0.481 e. The van der Waals surface area contributed by atoms with Gasteiger partial charge in [-0.15, -0.1) is 0 Å². The van der Waals surface area contributed by atoms with Crippen LogP contribution in [0.1, 0.15) is 64.2 Å². The van der Waals surface area contributed by atoms with Crippen LogP contribution in [0.4, 0.5) is 0 Å². The van der Waals surface area contributed by atoms with Crippen LogP contribution in [-0.2, 0) is 4.79 Å². The highest BCUT2D eigenvalue weighted by atomic mass is 16.4. The Morgan fingerprint density at radius 2 is 1.64 bits per heavy atom. The van der Waals surface area contributed by atoms with Crippen molar-refractivity contribution in [2.75, 3.05) is 6.61 Å². The molecule has 0 aromatic carbocycles. The summed E-state index contributed by atoms with van der Waals surface area (Å²) in [4.78, 5) is 10.5. The first-order chi connectivity index (χ1) is 12.1. The topological polar surface area (TPSA) is 98.0 Å². The maximum absolute atomic E-state index is 10.5. The standard InChI is InChI=1S/C20H34O5/c21-14-10-6-2-1-3-7-11-16-17(19(23)15-18(16)22)12-8-4-5-9-13-20(24)25/h4,7-8,11,16-19,21-23H,1-3,5-6,9-10,12-15H2,(H,24,25)/t16-,17-,18-,19+/m1/s1. The van der Waals surface area contributed by atoms with Crippen LogP contribution >= 0.6 is 0 Å². The van der Waals surface area contributed by atoms with Crippen molar-refractivity contribution >= 4 is 5.97 Å². The number of aliphatic carboxylic acids is 1. The molecule has 1 aliphatic carbocycles. The number of aliphatic hydroxyl groups excluding tert-OH is 3. The lowest BCUT2D eigenvalue weighted by molar-refractivity contribution is -0.137. The van der Waals surface area contributed by atoms with Gasteiger partial charge >= 0.3 is 5.97 Å². The van der Waals surface area contributed by atoms with Crippen molar-refractivity contribution in [3.63, 3.8) is 0 Å². The van der Waals surface area contributed by atoms with E-state index < -0.39 is 18.2 Å². The zero-order valence-corrected chi connectivity index (χ0v) is 15.1. The second-order valence-corrected chi connectivity index (χ2v) is 6.96. The highest BCUT2D eigenvalue weighted by Crippen LogP contribution is 2.36. The summed E-state index contributed by atoms with van der Waals surface area (Å²) >= 11 is 0. The van der Waals surface area contributed by atoms with Crippen LogP contribution in [-0.4, -0.2) is 45.2 Å². The summed E-state index contributed by atoms with van der Waals surface area (Å²) in [5, 5.41) is 37.7. The van der Waals surface area contributed by atoms with E-state index in [1.54, 1.807) is 0 Å². The lowest BCUT2D eigenvalue weighted by Crippen LogP contribution is -2.19. The zero-order valence-electron chi connectivity index (χ0n) is 15.1. The summed E-state index contributed by atoms with van der Waals surface area (Å²) in [5.41, 5.74) is 0. The van der Waals surface area contributed by atoms with Gasteiger partial charge in [0.2, 0.25) is 0 Å². The number of allylic oxidation sites excluding steroid dienone is 3. The summed E-state index contributed by atoms with van der Waals surface area (Å²) in [6.45, 7) is 0.257. The maximum atomic E-state index is 10.5. The van der Waals surface area contributed by atoms with Gasteiger partial charge in [0.25, 0.3) is 0 Å². The van der Waals surface area contributed by atoms with Crippen LogP contribution in [0.2, 0.25) is 0 Å². The fourth-order valence-electron chi connectivity index (χ4n) is 3.43. The molecule has 0 radical (unpaired) electrons. The minimum atomic E-state index is -0.774. The molecular formula is C20H34O5. The van der Waals surface area contributed by atoms with E-state index in [2.05, 4.69) is 12.2 Å². The number of carbonyl (C=O) groups is 1. The number of hydrogen-bond donors (Lipinski definition) is 4. The highest BCUT2D eigenvalue weighted by molar-refractivity contribution is 5.66. The Labute approximate surface area is 151 Å². The lowest BCUT2D eigenvalue weighted by Gasteiger charge is -2.19. The van der Waals surface area contributed by atoms with Gasteiger partial charge in [0, 0.05) is 25.4 Å². The van der Waals surface area contributed by atoms with Crippen molar-refractivity contribution in [3.8, 4) is 0 Å². The molecule has 0 aliphatic heterocycles. The predicted octanol–water partition coefficient (Wildman–Crippen LogP) is 3.04. The molecule has 0 aromatic heterocycles. The fourth-order valence-corrected chi connectivity index (χ4v) is 3.43. The third kappa shape index (κ3) is 9.19. The SMILES string of the molecule is O=C(O)CCCC=CC[C@@H]1[C@@H](C=CCCCCCCO)[C@H](O)C[C@@H]1O. The van der Waals surface area contributed by atoms with Gasteiger partial charge in [-0.1, -0.05) is 37.1 Å². The second kappa shape index (κ2) is 13.1. The third-order valence-corrected chi connectivity index (χ3v) is 4.89. The van der Waals surface area contributed by atoms with Crippen molar-refractivity contribution in [2.24, 2.45) is 11.8 Å². The molecule has 4 N–H and O–H groups in total. The number of rotatable bonds is 13. The van der Waals surface area contributed by atoms with Gasteiger partial charge < -0.3 is 20.4 Å². The molecule has 5 heteroatoms. The number of carboxylic acids is 1. The molecule has 1 fully saturated rings. The summed E-state index contributed by atoms with van der Waals surface area (Å²) in [6.07, 6.45) is 14.9. The van der Waals surface area contributed by atoms with E-state index >= 15 is 0 Å². The molecule has 1 saturated carbocycles. The quantitative estimate of drug-likeness (QED) is 0.301. The first kappa shape index (κ1) is 21.9.